The maximum absolute atomic E-state index is 11.9. The third-order valence-corrected chi connectivity index (χ3v) is 2.31. The van der Waals surface area contributed by atoms with Gasteiger partial charge in [0.2, 0.25) is 0 Å². The van der Waals surface area contributed by atoms with Gasteiger partial charge in [0, 0.05) is 6.04 Å². The largest absolute Gasteiger partial charge is 0.435 e. The second kappa shape index (κ2) is 5.28. The molecule has 0 amide bonds. The van der Waals surface area contributed by atoms with Crippen molar-refractivity contribution >= 4 is 12.4 Å². The van der Waals surface area contributed by atoms with E-state index in [1.54, 1.807) is 12.1 Å². The summed E-state index contributed by atoms with van der Waals surface area (Å²) in [6.07, 6.45) is 1.05. The lowest BCUT2D eigenvalue weighted by atomic mass is 9.98. The van der Waals surface area contributed by atoms with Crippen molar-refractivity contribution in [2.45, 2.75) is 19.1 Å². The Labute approximate surface area is 93.0 Å². The van der Waals surface area contributed by atoms with E-state index in [1.807, 2.05) is 6.07 Å². The molecule has 1 aliphatic rings. The molecule has 1 fully saturated rings. The van der Waals surface area contributed by atoms with Gasteiger partial charge in [-0.1, -0.05) is 12.1 Å². The van der Waals surface area contributed by atoms with Crippen LogP contribution >= 0.6 is 12.4 Å². The molecule has 1 N–H and O–H groups in total. The molecule has 1 atom stereocenters. The summed E-state index contributed by atoms with van der Waals surface area (Å²) in [5, 5.41) is 3.20. The van der Waals surface area contributed by atoms with E-state index in [-0.39, 0.29) is 18.2 Å². The van der Waals surface area contributed by atoms with E-state index in [1.165, 1.54) is 6.07 Å². The molecule has 1 aromatic carbocycles. The first-order valence-electron chi connectivity index (χ1n) is 4.54. The number of nitrogens with one attached hydrogen (secondary N) is 1. The van der Waals surface area contributed by atoms with E-state index >= 15 is 0 Å². The molecular formula is C10H12ClF2NO. The van der Waals surface area contributed by atoms with Crippen molar-refractivity contribution in [3.63, 3.8) is 0 Å². The van der Waals surface area contributed by atoms with Gasteiger partial charge in [-0.2, -0.15) is 8.78 Å². The zero-order valence-electron chi connectivity index (χ0n) is 7.95. The molecule has 1 aliphatic heterocycles. The molecule has 0 unspecified atom stereocenters. The van der Waals surface area contributed by atoms with Gasteiger partial charge in [0.25, 0.3) is 0 Å². The van der Waals surface area contributed by atoms with Crippen LogP contribution < -0.4 is 10.1 Å². The molecule has 1 aromatic rings. The number of alkyl halides is 2. The van der Waals surface area contributed by atoms with Crippen molar-refractivity contribution in [3.05, 3.63) is 29.8 Å². The summed E-state index contributed by atoms with van der Waals surface area (Å²) in [6, 6.07) is 7.13. The van der Waals surface area contributed by atoms with E-state index in [4.69, 9.17) is 0 Å². The molecule has 0 bridgehead atoms. The van der Waals surface area contributed by atoms with Crippen LogP contribution in [0.1, 0.15) is 18.0 Å². The van der Waals surface area contributed by atoms with E-state index in [9.17, 15) is 8.78 Å². The van der Waals surface area contributed by atoms with Gasteiger partial charge in [0.05, 0.1) is 0 Å². The Hall–Kier alpha value is -0.870. The Morgan fingerprint density at radius 2 is 2.13 bits per heavy atom. The maximum atomic E-state index is 11.9. The van der Waals surface area contributed by atoms with Crippen LogP contribution in [-0.4, -0.2) is 13.2 Å². The van der Waals surface area contributed by atoms with Crippen molar-refractivity contribution in [1.82, 2.24) is 5.32 Å². The van der Waals surface area contributed by atoms with Gasteiger partial charge >= 0.3 is 6.61 Å². The molecule has 15 heavy (non-hydrogen) atoms. The highest BCUT2D eigenvalue weighted by molar-refractivity contribution is 5.85. The number of benzene rings is 1. The van der Waals surface area contributed by atoms with E-state index in [0.717, 1.165) is 18.5 Å². The van der Waals surface area contributed by atoms with Crippen LogP contribution in [0.2, 0.25) is 0 Å². The van der Waals surface area contributed by atoms with Gasteiger partial charge < -0.3 is 10.1 Å². The fraction of sp³-hybridized carbons (Fsp3) is 0.400. The second-order valence-corrected chi connectivity index (χ2v) is 3.25. The van der Waals surface area contributed by atoms with Gasteiger partial charge in [-0.15, -0.1) is 12.4 Å². The van der Waals surface area contributed by atoms with Crippen LogP contribution in [0.3, 0.4) is 0 Å². The van der Waals surface area contributed by atoms with Crippen molar-refractivity contribution in [3.8, 4) is 5.75 Å². The number of rotatable bonds is 3. The Bertz CT molecular complexity index is 318. The summed E-state index contributed by atoms with van der Waals surface area (Å²) in [6.45, 7) is -1.76. The third-order valence-electron chi connectivity index (χ3n) is 2.31. The maximum Gasteiger partial charge on any atom is 0.387 e. The molecule has 84 valence electrons. The van der Waals surface area contributed by atoms with E-state index in [2.05, 4.69) is 10.1 Å². The van der Waals surface area contributed by atoms with Crippen molar-refractivity contribution < 1.29 is 13.5 Å². The smallest absolute Gasteiger partial charge is 0.387 e. The van der Waals surface area contributed by atoms with Crippen molar-refractivity contribution in [2.75, 3.05) is 6.54 Å². The molecule has 2 rings (SSSR count). The summed E-state index contributed by atoms with van der Waals surface area (Å²) in [5.41, 5.74) is 1.01. The molecule has 0 saturated carbocycles. The van der Waals surface area contributed by atoms with Gasteiger partial charge in [0.1, 0.15) is 5.75 Å². The number of hydrogen-bond donors (Lipinski definition) is 1. The molecule has 1 saturated heterocycles. The summed E-state index contributed by atoms with van der Waals surface area (Å²) in [7, 11) is 0. The van der Waals surface area contributed by atoms with Crippen LogP contribution in [0, 0.1) is 0 Å². The molecule has 5 heteroatoms. The zero-order chi connectivity index (χ0) is 9.97. The normalized spacial score (nSPS) is 19.3. The highest BCUT2D eigenvalue weighted by atomic mass is 35.5. The molecule has 1 heterocycles. The average molecular weight is 236 g/mol. The lowest BCUT2D eigenvalue weighted by Crippen LogP contribution is -2.34. The first-order chi connectivity index (χ1) is 6.75. The van der Waals surface area contributed by atoms with Crippen LogP contribution in [-0.2, 0) is 0 Å². The van der Waals surface area contributed by atoms with Crippen molar-refractivity contribution in [2.24, 2.45) is 0 Å². The minimum atomic E-state index is -2.75. The SMILES string of the molecule is Cl.FC(F)Oc1cccc([C@H]2CCN2)c1. The zero-order valence-corrected chi connectivity index (χ0v) is 8.77. The fourth-order valence-electron chi connectivity index (χ4n) is 1.48. The summed E-state index contributed by atoms with van der Waals surface area (Å²) in [4.78, 5) is 0. The van der Waals surface area contributed by atoms with Crippen LogP contribution in [0.5, 0.6) is 5.75 Å². The van der Waals surface area contributed by atoms with Crippen LogP contribution in [0.15, 0.2) is 24.3 Å². The van der Waals surface area contributed by atoms with Gasteiger partial charge in [0.15, 0.2) is 0 Å². The third kappa shape index (κ3) is 3.04. The molecule has 2 nitrogen and oxygen atoms in total. The quantitative estimate of drug-likeness (QED) is 0.870. The topological polar surface area (TPSA) is 21.3 Å². The summed E-state index contributed by atoms with van der Waals surface area (Å²) in [5.74, 6) is 0.228. The standard InChI is InChI=1S/C10H11F2NO.ClH/c11-10(12)14-8-3-1-2-7(6-8)9-4-5-13-9;/h1-3,6,9-10,13H,4-5H2;1H/t9-;/m1./s1. The summed E-state index contributed by atoms with van der Waals surface area (Å²) < 4.78 is 28.1. The highest BCUT2D eigenvalue weighted by Crippen LogP contribution is 2.26. The summed E-state index contributed by atoms with van der Waals surface area (Å²) >= 11 is 0. The van der Waals surface area contributed by atoms with Gasteiger partial charge in [-0.25, -0.2) is 0 Å². The fourth-order valence-corrected chi connectivity index (χ4v) is 1.48. The molecule has 0 aliphatic carbocycles. The molecule has 0 aromatic heterocycles. The average Bonchev–Trinajstić information content (AvgIpc) is 1.99. The van der Waals surface area contributed by atoms with E-state index < -0.39 is 6.61 Å². The molecule has 0 radical (unpaired) electrons. The Balaban J connectivity index is 0.00000112. The van der Waals surface area contributed by atoms with Crippen LogP contribution in [0.4, 0.5) is 8.78 Å². The second-order valence-electron chi connectivity index (χ2n) is 3.25. The number of halogens is 3. The van der Waals surface area contributed by atoms with Gasteiger partial charge in [-0.3, -0.25) is 0 Å². The Morgan fingerprint density at radius 1 is 1.40 bits per heavy atom. The molecule has 0 spiro atoms. The monoisotopic (exact) mass is 235 g/mol. The van der Waals surface area contributed by atoms with E-state index in [0.29, 0.717) is 6.04 Å². The minimum Gasteiger partial charge on any atom is -0.435 e. The predicted molar refractivity (Wildman–Crippen MR) is 55.7 cm³/mol. The van der Waals surface area contributed by atoms with Gasteiger partial charge in [-0.05, 0) is 30.7 Å². The first-order valence-corrected chi connectivity index (χ1v) is 4.54. The van der Waals surface area contributed by atoms with Crippen LogP contribution in [0.25, 0.3) is 0 Å². The predicted octanol–water partition coefficient (Wildman–Crippen LogP) is 2.74. The number of ether oxygens (including phenoxy) is 1. The van der Waals surface area contributed by atoms with Crippen molar-refractivity contribution in [1.29, 1.82) is 0 Å². The number of hydrogen-bond acceptors (Lipinski definition) is 2. The lowest BCUT2D eigenvalue weighted by molar-refractivity contribution is -0.0499. The highest BCUT2D eigenvalue weighted by Gasteiger charge is 2.18. The minimum absolute atomic E-state index is 0. The molecular weight excluding hydrogens is 224 g/mol. The lowest BCUT2D eigenvalue weighted by Gasteiger charge is -2.28. The Kier molecular flexibility index (Phi) is 4.29. The Morgan fingerprint density at radius 3 is 2.67 bits per heavy atom. The first kappa shape index (κ1) is 12.2.